The van der Waals surface area contributed by atoms with E-state index in [1.165, 1.54) is 116 Å². The Bertz CT molecular complexity index is 3350. The summed E-state index contributed by atoms with van der Waals surface area (Å²) in [6.07, 6.45) is 3.06. The first-order valence-electron chi connectivity index (χ1n) is 23.2. The molecule has 0 saturated carbocycles. The van der Waals surface area contributed by atoms with E-state index in [9.17, 15) is 0 Å². The molecule has 10 aromatic rings. The highest BCUT2D eigenvalue weighted by molar-refractivity contribution is 6.30. The van der Waals surface area contributed by atoms with Gasteiger partial charge in [-0.05, 0) is 169 Å². The fourth-order valence-electron chi connectivity index (χ4n) is 10.7. The van der Waals surface area contributed by atoms with E-state index in [1.54, 1.807) is 0 Å². The van der Waals surface area contributed by atoms with Gasteiger partial charge < -0.3 is 9.80 Å². The summed E-state index contributed by atoms with van der Waals surface area (Å²) >= 11 is 0. The molecule has 310 valence electrons. The zero-order valence-corrected chi connectivity index (χ0v) is 37.8. The summed E-state index contributed by atoms with van der Waals surface area (Å²) < 4.78 is 0. The smallest absolute Gasteiger partial charge is 0.0543 e. The average molecular weight is 817 g/mol. The van der Waals surface area contributed by atoms with Crippen molar-refractivity contribution < 1.29 is 0 Å². The molecule has 1 aliphatic rings. The lowest BCUT2D eigenvalue weighted by Crippen LogP contribution is -2.24. The second-order valence-electron chi connectivity index (χ2n) is 19.3. The lowest BCUT2D eigenvalue weighted by molar-refractivity contribution is 0.475. The Labute approximate surface area is 372 Å². The quantitative estimate of drug-likeness (QED) is 0.134. The summed E-state index contributed by atoms with van der Waals surface area (Å²) in [6, 6.07) is 62.6. The maximum Gasteiger partial charge on any atom is 0.0543 e. The minimum Gasteiger partial charge on any atom is -0.310 e. The van der Waals surface area contributed by atoms with Gasteiger partial charge in [0.1, 0.15) is 0 Å². The third kappa shape index (κ3) is 6.45. The SMILES string of the molecule is CCc1cc(N(c2ccc(C(C)C)cc2)c2ccc3ccccc3c2)c2cc3c4c(cc(N(c5ccc(C(C)C)cc5)c5ccc6ccccc6c5)c5ccc1c2c54)CCC3(C)C. The van der Waals surface area contributed by atoms with Crippen LogP contribution in [0.5, 0.6) is 0 Å². The molecule has 0 amide bonds. The molecule has 0 radical (unpaired) electrons. The van der Waals surface area contributed by atoms with Crippen molar-refractivity contribution in [3.8, 4) is 0 Å². The zero-order valence-electron chi connectivity index (χ0n) is 37.8. The van der Waals surface area contributed by atoms with Gasteiger partial charge in [0, 0.05) is 38.9 Å². The molecule has 63 heavy (non-hydrogen) atoms. The van der Waals surface area contributed by atoms with Crippen molar-refractivity contribution in [1.29, 1.82) is 0 Å². The Balaban J connectivity index is 1.25. The number of nitrogens with zero attached hydrogens (tertiary/aromatic N) is 2. The molecule has 0 saturated heterocycles. The predicted octanol–water partition coefficient (Wildman–Crippen LogP) is 17.9. The largest absolute Gasteiger partial charge is 0.310 e. The van der Waals surface area contributed by atoms with Gasteiger partial charge in [-0.3, -0.25) is 0 Å². The van der Waals surface area contributed by atoms with Gasteiger partial charge in [0.15, 0.2) is 0 Å². The third-order valence-electron chi connectivity index (χ3n) is 14.4. The van der Waals surface area contributed by atoms with Crippen LogP contribution >= 0.6 is 0 Å². The molecule has 0 N–H and O–H groups in total. The number of aryl methyl sites for hydroxylation is 2. The van der Waals surface area contributed by atoms with Gasteiger partial charge >= 0.3 is 0 Å². The third-order valence-corrected chi connectivity index (χ3v) is 14.4. The Morgan fingerprint density at radius 1 is 0.460 bits per heavy atom. The Morgan fingerprint density at radius 2 is 0.952 bits per heavy atom. The molecule has 10 aromatic carbocycles. The van der Waals surface area contributed by atoms with Gasteiger partial charge in [0.05, 0.1) is 11.4 Å². The summed E-state index contributed by atoms with van der Waals surface area (Å²) in [5, 5.41) is 13.2. The molecule has 0 bridgehead atoms. The van der Waals surface area contributed by atoms with Gasteiger partial charge in [-0.2, -0.15) is 0 Å². The highest BCUT2D eigenvalue weighted by Gasteiger charge is 2.34. The molecule has 2 nitrogen and oxygen atoms in total. The standard InChI is InChI=1S/C61H56N2/c1-8-40-35-57(63(49-25-19-42(20-26-49)39(4)5)51-28-22-44-14-10-12-16-46(44)34-51)54-37-55-58-47(31-32-61(55,6)7)36-56(53-30-29-52(40)59(54)60(53)58)62(48-23-17-41(18-24-48)38(2)3)50-27-21-43-13-9-11-15-45(43)33-50/h9-30,33-39H,8,31-32H2,1-7H3. The summed E-state index contributed by atoms with van der Waals surface area (Å²) in [5.74, 6) is 0.911. The predicted molar refractivity (Wildman–Crippen MR) is 273 cm³/mol. The molecule has 0 heterocycles. The molecule has 1 aliphatic carbocycles. The highest BCUT2D eigenvalue weighted by Crippen LogP contribution is 2.54. The molecule has 0 aromatic heterocycles. The molecule has 0 aliphatic heterocycles. The maximum absolute atomic E-state index is 2.60. The lowest BCUT2D eigenvalue weighted by Gasteiger charge is -2.37. The van der Waals surface area contributed by atoms with Crippen molar-refractivity contribution in [3.05, 3.63) is 192 Å². The Morgan fingerprint density at radius 3 is 1.48 bits per heavy atom. The Kier molecular flexibility index (Phi) is 9.35. The first kappa shape index (κ1) is 39.2. The molecule has 0 fully saturated rings. The molecule has 0 spiro atoms. The van der Waals surface area contributed by atoms with Gasteiger partial charge in [-0.1, -0.05) is 146 Å². The highest BCUT2D eigenvalue weighted by atomic mass is 15.2. The summed E-state index contributed by atoms with van der Waals surface area (Å²) in [4.78, 5) is 5.08. The van der Waals surface area contributed by atoms with E-state index in [-0.39, 0.29) is 5.41 Å². The van der Waals surface area contributed by atoms with Crippen molar-refractivity contribution in [2.24, 2.45) is 0 Å². The van der Waals surface area contributed by atoms with Crippen molar-refractivity contribution in [1.82, 2.24) is 0 Å². The van der Waals surface area contributed by atoms with Crippen LogP contribution in [0, 0.1) is 0 Å². The minimum atomic E-state index is -0.000595. The number of hydrogen-bond acceptors (Lipinski definition) is 2. The fourth-order valence-corrected chi connectivity index (χ4v) is 10.7. The van der Waals surface area contributed by atoms with Crippen LogP contribution in [0.3, 0.4) is 0 Å². The molecule has 2 heteroatoms. The summed E-state index contributed by atoms with van der Waals surface area (Å²) in [7, 11) is 0. The van der Waals surface area contributed by atoms with Crippen molar-refractivity contribution in [3.63, 3.8) is 0 Å². The van der Waals surface area contributed by atoms with E-state index in [4.69, 9.17) is 0 Å². The average Bonchev–Trinajstić information content (AvgIpc) is 3.30. The fraction of sp³-hybridized carbons (Fsp3) is 0.213. The van der Waals surface area contributed by atoms with Crippen LogP contribution in [-0.2, 0) is 18.3 Å². The molecule has 0 atom stereocenters. The maximum atomic E-state index is 2.60. The van der Waals surface area contributed by atoms with Gasteiger partial charge in [-0.15, -0.1) is 0 Å². The summed E-state index contributed by atoms with van der Waals surface area (Å²) in [5.41, 5.74) is 14.2. The molecular weight excluding hydrogens is 761 g/mol. The molecule has 0 unspecified atom stereocenters. The van der Waals surface area contributed by atoms with E-state index < -0.39 is 0 Å². The summed E-state index contributed by atoms with van der Waals surface area (Å²) in [6.45, 7) is 16.4. The second-order valence-corrected chi connectivity index (χ2v) is 19.3. The van der Waals surface area contributed by atoms with E-state index in [0.29, 0.717) is 11.8 Å². The van der Waals surface area contributed by atoms with Gasteiger partial charge in [-0.25, -0.2) is 0 Å². The number of hydrogen-bond donors (Lipinski definition) is 0. The number of rotatable bonds is 9. The Hall–Kier alpha value is -6.64. The second kappa shape index (κ2) is 15.0. The van der Waals surface area contributed by atoms with E-state index in [0.717, 1.165) is 19.3 Å². The van der Waals surface area contributed by atoms with Crippen LogP contribution < -0.4 is 9.80 Å². The van der Waals surface area contributed by atoms with Crippen LogP contribution in [0.4, 0.5) is 34.1 Å². The van der Waals surface area contributed by atoms with Gasteiger partial charge in [0.2, 0.25) is 0 Å². The van der Waals surface area contributed by atoms with E-state index in [2.05, 4.69) is 222 Å². The first-order valence-corrected chi connectivity index (χ1v) is 23.2. The van der Waals surface area contributed by atoms with Crippen LogP contribution in [0.2, 0.25) is 0 Å². The van der Waals surface area contributed by atoms with E-state index in [1.807, 2.05) is 0 Å². The van der Waals surface area contributed by atoms with Crippen LogP contribution in [-0.4, -0.2) is 0 Å². The van der Waals surface area contributed by atoms with Crippen LogP contribution in [0.1, 0.15) is 94.5 Å². The van der Waals surface area contributed by atoms with Crippen molar-refractivity contribution in [2.75, 3.05) is 9.80 Å². The molecule has 11 rings (SSSR count). The van der Waals surface area contributed by atoms with Crippen molar-refractivity contribution >= 4 is 88.0 Å². The molecular formula is C61H56N2. The number of anilines is 6. The first-order chi connectivity index (χ1) is 30.6. The van der Waals surface area contributed by atoms with Crippen molar-refractivity contribution in [2.45, 2.75) is 85.0 Å². The minimum absolute atomic E-state index is 0.000595. The topological polar surface area (TPSA) is 6.48 Å². The van der Waals surface area contributed by atoms with Crippen LogP contribution in [0.25, 0.3) is 53.9 Å². The van der Waals surface area contributed by atoms with Crippen LogP contribution in [0.15, 0.2) is 164 Å². The number of fused-ring (bicyclic) bond motifs is 2. The lowest BCUT2D eigenvalue weighted by atomic mass is 9.70. The number of benzene rings is 10. The normalized spacial score (nSPS) is 13.7. The zero-order chi connectivity index (χ0) is 43.1. The van der Waals surface area contributed by atoms with Gasteiger partial charge in [0.25, 0.3) is 0 Å². The monoisotopic (exact) mass is 816 g/mol. The van der Waals surface area contributed by atoms with E-state index >= 15 is 0 Å².